The molecule has 1 aromatic heterocycles. The number of alkyl halides is 1. The molecule has 2 aromatic carbocycles. The summed E-state index contributed by atoms with van der Waals surface area (Å²) in [6.45, 7) is 12.9. The summed E-state index contributed by atoms with van der Waals surface area (Å²) < 4.78 is 14.4. The largest absolute Gasteiger partial charge is 0.301 e. The van der Waals surface area contributed by atoms with Crippen molar-refractivity contribution in [3.05, 3.63) is 77.0 Å². The standard InChI is InChI=1S/C26H32FN3/c1-5-29-15-17-30(18-16-29)25(21-8-11-22(12-9-21)26(3,4)27)23-13-10-20-7-6-14-28-24(20)19(23)2/h6-14,25H,5,15-18H2,1-4H3. The van der Waals surface area contributed by atoms with E-state index in [0.717, 1.165) is 43.8 Å². The predicted molar refractivity (Wildman–Crippen MR) is 123 cm³/mol. The van der Waals surface area contributed by atoms with Crippen molar-refractivity contribution in [2.75, 3.05) is 32.7 Å². The number of rotatable bonds is 5. The second-order valence-corrected chi connectivity index (χ2v) is 8.82. The van der Waals surface area contributed by atoms with Crippen LogP contribution >= 0.6 is 0 Å². The average Bonchev–Trinajstić information content (AvgIpc) is 2.76. The molecule has 1 fully saturated rings. The molecule has 0 amide bonds. The molecular weight excluding hydrogens is 373 g/mol. The number of likely N-dealkylation sites (N-methyl/N-ethyl adjacent to an activating group) is 1. The Bertz CT molecular complexity index is 999. The smallest absolute Gasteiger partial charge is 0.130 e. The number of hydrogen-bond donors (Lipinski definition) is 0. The molecule has 0 radical (unpaired) electrons. The van der Waals surface area contributed by atoms with Crippen LogP contribution in [-0.2, 0) is 5.67 Å². The monoisotopic (exact) mass is 405 g/mol. The highest BCUT2D eigenvalue weighted by Gasteiger charge is 2.28. The second-order valence-electron chi connectivity index (χ2n) is 8.82. The van der Waals surface area contributed by atoms with Gasteiger partial charge in [0.25, 0.3) is 0 Å². The molecule has 1 aliphatic heterocycles. The molecule has 4 heteroatoms. The van der Waals surface area contributed by atoms with Gasteiger partial charge in [0.1, 0.15) is 5.67 Å². The van der Waals surface area contributed by atoms with Crippen LogP contribution in [0.3, 0.4) is 0 Å². The number of benzene rings is 2. The number of nitrogens with zero attached hydrogens (tertiary/aromatic N) is 3. The first-order chi connectivity index (χ1) is 14.4. The Labute approximate surface area is 179 Å². The Morgan fingerprint density at radius 1 is 1.00 bits per heavy atom. The van der Waals surface area contributed by atoms with Crippen molar-refractivity contribution in [1.29, 1.82) is 0 Å². The summed E-state index contributed by atoms with van der Waals surface area (Å²) in [5.41, 5.74) is 4.19. The highest BCUT2D eigenvalue weighted by molar-refractivity contribution is 5.82. The summed E-state index contributed by atoms with van der Waals surface area (Å²) in [6.07, 6.45) is 1.87. The van der Waals surface area contributed by atoms with Gasteiger partial charge in [0, 0.05) is 37.8 Å². The SMILES string of the molecule is CCN1CCN(C(c2ccc(C(C)(C)F)cc2)c2ccc3cccnc3c2C)CC1. The van der Waals surface area contributed by atoms with Crippen LogP contribution in [0.4, 0.5) is 4.39 Å². The van der Waals surface area contributed by atoms with Gasteiger partial charge in [-0.2, -0.15) is 0 Å². The number of aromatic nitrogens is 1. The van der Waals surface area contributed by atoms with Crippen LogP contribution in [0.2, 0.25) is 0 Å². The van der Waals surface area contributed by atoms with Gasteiger partial charge in [0.2, 0.25) is 0 Å². The summed E-state index contributed by atoms with van der Waals surface area (Å²) in [5, 5.41) is 1.17. The zero-order valence-electron chi connectivity index (χ0n) is 18.5. The van der Waals surface area contributed by atoms with Crippen molar-refractivity contribution >= 4 is 10.9 Å². The fourth-order valence-corrected chi connectivity index (χ4v) is 4.59. The van der Waals surface area contributed by atoms with E-state index < -0.39 is 5.67 Å². The number of fused-ring (bicyclic) bond motifs is 1. The van der Waals surface area contributed by atoms with Gasteiger partial charge in [-0.05, 0) is 55.6 Å². The molecule has 30 heavy (non-hydrogen) atoms. The van der Waals surface area contributed by atoms with Gasteiger partial charge in [-0.15, -0.1) is 0 Å². The van der Waals surface area contributed by atoms with Crippen molar-refractivity contribution in [3.8, 4) is 0 Å². The van der Waals surface area contributed by atoms with Crippen molar-refractivity contribution < 1.29 is 4.39 Å². The van der Waals surface area contributed by atoms with Gasteiger partial charge < -0.3 is 4.90 Å². The third-order valence-electron chi connectivity index (χ3n) is 6.50. The van der Waals surface area contributed by atoms with E-state index in [1.54, 1.807) is 13.8 Å². The Hall–Kier alpha value is -2.30. The van der Waals surface area contributed by atoms with E-state index in [0.29, 0.717) is 0 Å². The maximum Gasteiger partial charge on any atom is 0.130 e. The van der Waals surface area contributed by atoms with Gasteiger partial charge in [0.05, 0.1) is 11.6 Å². The van der Waals surface area contributed by atoms with Gasteiger partial charge in [-0.1, -0.05) is 49.4 Å². The lowest BCUT2D eigenvalue weighted by Crippen LogP contribution is -2.47. The number of hydrogen-bond acceptors (Lipinski definition) is 3. The Morgan fingerprint density at radius 2 is 1.70 bits per heavy atom. The van der Waals surface area contributed by atoms with E-state index in [9.17, 15) is 4.39 Å². The maximum atomic E-state index is 14.4. The fourth-order valence-electron chi connectivity index (χ4n) is 4.59. The molecule has 0 spiro atoms. The highest BCUT2D eigenvalue weighted by atomic mass is 19.1. The van der Waals surface area contributed by atoms with Crippen LogP contribution in [-0.4, -0.2) is 47.5 Å². The summed E-state index contributed by atoms with van der Waals surface area (Å²) in [4.78, 5) is 9.72. The van der Waals surface area contributed by atoms with Gasteiger partial charge in [-0.3, -0.25) is 9.88 Å². The normalized spacial score (nSPS) is 17.4. The van der Waals surface area contributed by atoms with Crippen LogP contribution in [0, 0.1) is 6.92 Å². The van der Waals surface area contributed by atoms with E-state index in [1.165, 1.54) is 22.1 Å². The highest BCUT2D eigenvalue weighted by Crippen LogP contribution is 2.35. The molecule has 1 saturated heterocycles. The van der Waals surface area contributed by atoms with Crippen LogP contribution < -0.4 is 0 Å². The zero-order chi connectivity index (χ0) is 21.3. The first kappa shape index (κ1) is 21.0. The summed E-state index contributed by atoms with van der Waals surface area (Å²) in [7, 11) is 0. The third-order valence-corrected chi connectivity index (χ3v) is 6.50. The quantitative estimate of drug-likeness (QED) is 0.561. The molecule has 158 valence electrons. The molecule has 0 N–H and O–H groups in total. The van der Waals surface area contributed by atoms with Crippen molar-refractivity contribution in [1.82, 2.24) is 14.8 Å². The van der Waals surface area contributed by atoms with Crippen LogP contribution in [0.25, 0.3) is 10.9 Å². The molecular formula is C26H32FN3. The first-order valence-corrected chi connectivity index (χ1v) is 11.0. The second kappa shape index (κ2) is 8.44. The van der Waals surface area contributed by atoms with E-state index in [1.807, 2.05) is 24.4 Å². The molecule has 0 saturated carbocycles. The minimum absolute atomic E-state index is 0.146. The number of halogens is 1. The molecule has 1 aliphatic rings. The van der Waals surface area contributed by atoms with E-state index in [-0.39, 0.29) is 6.04 Å². The molecule has 4 rings (SSSR count). The third kappa shape index (κ3) is 4.12. The maximum absolute atomic E-state index is 14.4. The minimum atomic E-state index is -1.33. The topological polar surface area (TPSA) is 19.4 Å². The molecule has 0 aliphatic carbocycles. The molecule has 2 heterocycles. The van der Waals surface area contributed by atoms with Crippen LogP contribution in [0.5, 0.6) is 0 Å². The predicted octanol–water partition coefficient (Wildman–Crippen LogP) is 5.47. The number of aryl methyl sites for hydroxylation is 1. The lowest BCUT2D eigenvalue weighted by Gasteiger charge is -2.40. The fraction of sp³-hybridized carbons (Fsp3) is 0.423. The number of pyridine rings is 1. The average molecular weight is 406 g/mol. The molecule has 3 aromatic rings. The van der Waals surface area contributed by atoms with Crippen molar-refractivity contribution in [3.63, 3.8) is 0 Å². The van der Waals surface area contributed by atoms with Gasteiger partial charge in [0.15, 0.2) is 0 Å². The minimum Gasteiger partial charge on any atom is -0.301 e. The lowest BCUT2D eigenvalue weighted by atomic mass is 9.89. The zero-order valence-corrected chi connectivity index (χ0v) is 18.5. The van der Waals surface area contributed by atoms with Crippen molar-refractivity contribution in [2.24, 2.45) is 0 Å². The van der Waals surface area contributed by atoms with E-state index in [2.05, 4.69) is 59.0 Å². The molecule has 1 unspecified atom stereocenters. The van der Waals surface area contributed by atoms with Crippen molar-refractivity contribution in [2.45, 2.75) is 39.4 Å². The Morgan fingerprint density at radius 3 is 2.33 bits per heavy atom. The van der Waals surface area contributed by atoms with E-state index >= 15 is 0 Å². The van der Waals surface area contributed by atoms with Gasteiger partial charge in [-0.25, -0.2) is 4.39 Å². The Kier molecular flexibility index (Phi) is 5.90. The van der Waals surface area contributed by atoms with Crippen LogP contribution in [0.1, 0.15) is 49.1 Å². The van der Waals surface area contributed by atoms with Crippen LogP contribution in [0.15, 0.2) is 54.7 Å². The summed E-state index contributed by atoms with van der Waals surface area (Å²) in [6, 6.07) is 16.8. The lowest BCUT2D eigenvalue weighted by molar-refractivity contribution is 0.113. The number of piperazine rings is 1. The molecule has 0 bridgehead atoms. The Balaban J connectivity index is 1.77. The summed E-state index contributed by atoms with van der Waals surface area (Å²) >= 11 is 0. The van der Waals surface area contributed by atoms with E-state index in [4.69, 9.17) is 0 Å². The van der Waals surface area contributed by atoms with Gasteiger partial charge >= 0.3 is 0 Å². The first-order valence-electron chi connectivity index (χ1n) is 11.0. The summed E-state index contributed by atoms with van der Waals surface area (Å²) in [5.74, 6) is 0. The molecule has 1 atom stereocenters. The molecule has 3 nitrogen and oxygen atoms in total.